The summed E-state index contributed by atoms with van der Waals surface area (Å²) >= 11 is 5.87. The number of aromatic amines is 1. The number of pyridine rings is 1. The molecule has 0 spiro atoms. The van der Waals surface area contributed by atoms with Gasteiger partial charge in [0.1, 0.15) is 5.82 Å². The normalized spacial score (nSPS) is 10.9. The molecule has 0 bridgehead atoms. The van der Waals surface area contributed by atoms with E-state index in [2.05, 4.69) is 4.98 Å². The Hall–Kier alpha value is -1.35. The van der Waals surface area contributed by atoms with Crippen LogP contribution < -0.4 is 5.43 Å². The smallest absolute Gasteiger partial charge is 0.194 e. The van der Waals surface area contributed by atoms with Crippen molar-refractivity contribution in [2.24, 2.45) is 0 Å². The Labute approximate surface area is 90.7 Å². The number of hydrogen-bond acceptors (Lipinski definition) is 1. The van der Waals surface area contributed by atoms with Gasteiger partial charge in [-0.2, -0.15) is 0 Å². The molecule has 0 amide bonds. The largest absolute Gasteiger partial charge is 0.356 e. The topological polar surface area (TPSA) is 32.9 Å². The first-order valence-corrected chi connectivity index (χ1v) is 4.87. The van der Waals surface area contributed by atoms with Crippen molar-refractivity contribution in [3.05, 3.63) is 44.5 Å². The lowest BCUT2D eigenvalue weighted by molar-refractivity contribution is 0.636. The van der Waals surface area contributed by atoms with Crippen LogP contribution in [0.4, 0.5) is 4.39 Å². The summed E-state index contributed by atoms with van der Waals surface area (Å²) in [7, 11) is 0. The van der Waals surface area contributed by atoms with Crippen molar-refractivity contribution in [2.45, 2.75) is 13.8 Å². The molecule has 0 fully saturated rings. The second-order valence-corrected chi connectivity index (χ2v) is 3.89. The molecule has 4 heteroatoms. The summed E-state index contributed by atoms with van der Waals surface area (Å²) in [6.45, 7) is 3.42. The standard InChI is InChI=1S/C11H9ClFNO/c1-5-6(2)14-10-8(13)4-3-7(12)9(10)11(5)15/h3-4H,1-2H3,(H,14,15). The predicted molar refractivity (Wildman–Crippen MR) is 59.0 cm³/mol. The van der Waals surface area contributed by atoms with Crippen LogP contribution in [-0.4, -0.2) is 4.98 Å². The fourth-order valence-electron chi connectivity index (χ4n) is 1.54. The highest BCUT2D eigenvalue weighted by molar-refractivity contribution is 6.35. The number of benzene rings is 1. The quantitative estimate of drug-likeness (QED) is 0.735. The average Bonchev–Trinajstić information content (AvgIpc) is 2.20. The molecule has 15 heavy (non-hydrogen) atoms. The van der Waals surface area contributed by atoms with Gasteiger partial charge in [-0.3, -0.25) is 4.79 Å². The lowest BCUT2D eigenvalue weighted by Gasteiger charge is -2.06. The number of rotatable bonds is 0. The predicted octanol–water partition coefficient (Wildman–Crippen LogP) is 2.94. The number of halogens is 2. The maximum atomic E-state index is 13.4. The molecule has 0 aliphatic heterocycles. The molecule has 0 aliphatic carbocycles. The molecule has 2 aromatic rings. The Morgan fingerprint density at radius 3 is 2.67 bits per heavy atom. The Kier molecular flexibility index (Phi) is 2.27. The fraction of sp³-hybridized carbons (Fsp3) is 0.182. The molecule has 1 aromatic heterocycles. The molecule has 0 radical (unpaired) electrons. The zero-order chi connectivity index (χ0) is 11.2. The average molecular weight is 226 g/mol. The number of hydrogen-bond donors (Lipinski definition) is 1. The summed E-state index contributed by atoms with van der Waals surface area (Å²) in [5, 5.41) is 0.496. The zero-order valence-electron chi connectivity index (χ0n) is 8.32. The van der Waals surface area contributed by atoms with E-state index in [1.54, 1.807) is 13.8 Å². The van der Waals surface area contributed by atoms with Crippen LogP contribution in [0.5, 0.6) is 0 Å². The summed E-state index contributed by atoms with van der Waals surface area (Å²) in [5.74, 6) is -0.463. The van der Waals surface area contributed by atoms with Gasteiger partial charge in [-0.15, -0.1) is 0 Å². The SMILES string of the molecule is Cc1[nH]c2c(F)ccc(Cl)c2c(=O)c1C. The first-order valence-electron chi connectivity index (χ1n) is 4.49. The van der Waals surface area contributed by atoms with Crippen LogP contribution in [-0.2, 0) is 0 Å². The minimum atomic E-state index is -0.463. The first kappa shape index (κ1) is 10.2. The van der Waals surface area contributed by atoms with Crippen molar-refractivity contribution in [1.82, 2.24) is 4.98 Å². The van der Waals surface area contributed by atoms with Gasteiger partial charge < -0.3 is 4.98 Å². The monoisotopic (exact) mass is 225 g/mol. The van der Waals surface area contributed by atoms with E-state index in [4.69, 9.17) is 11.6 Å². The highest BCUT2D eigenvalue weighted by Gasteiger charge is 2.11. The molecule has 0 saturated heterocycles. The highest BCUT2D eigenvalue weighted by atomic mass is 35.5. The Morgan fingerprint density at radius 1 is 1.33 bits per heavy atom. The zero-order valence-corrected chi connectivity index (χ0v) is 9.07. The van der Waals surface area contributed by atoms with Gasteiger partial charge in [0.25, 0.3) is 0 Å². The summed E-state index contributed by atoms with van der Waals surface area (Å²) < 4.78 is 13.4. The third kappa shape index (κ3) is 1.43. The van der Waals surface area contributed by atoms with E-state index >= 15 is 0 Å². The van der Waals surface area contributed by atoms with E-state index in [9.17, 15) is 9.18 Å². The lowest BCUT2D eigenvalue weighted by atomic mass is 10.1. The molecular weight excluding hydrogens is 217 g/mol. The molecule has 2 rings (SSSR count). The van der Waals surface area contributed by atoms with Crippen LogP contribution in [0, 0.1) is 19.7 Å². The lowest BCUT2D eigenvalue weighted by Crippen LogP contribution is -2.10. The molecule has 1 heterocycles. The van der Waals surface area contributed by atoms with Gasteiger partial charge in [-0.25, -0.2) is 4.39 Å². The van der Waals surface area contributed by atoms with Crippen molar-refractivity contribution in [3.63, 3.8) is 0 Å². The van der Waals surface area contributed by atoms with Crippen LogP contribution in [0.1, 0.15) is 11.3 Å². The molecule has 0 atom stereocenters. The molecule has 2 nitrogen and oxygen atoms in total. The Balaban J connectivity index is 3.12. The van der Waals surface area contributed by atoms with Crippen LogP contribution in [0.2, 0.25) is 5.02 Å². The first-order chi connectivity index (χ1) is 7.02. The number of H-pyrrole nitrogens is 1. The minimum Gasteiger partial charge on any atom is -0.356 e. The summed E-state index contributed by atoms with van der Waals surface area (Å²) in [4.78, 5) is 14.7. The van der Waals surface area contributed by atoms with Crippen molar-refractivity contribution in [1.29, 1.82) is 0 Å². The van der Waals surface area contributed by atoms with Crippen molar-refractivity contribution < 1.29 is 4.39 Å². The van der Waals surface area contributed by atoms with E-state index in [1.165, 1.54) is 12.1 Å². The Bertz CT molecular complexity index is 604. The van der Waals surface area contributed by atoms with E-state index in [-0.39, 0.29) is 21.4 Å². The second kappa shape index (κ2) is 3.35. The molecule has 1 aromatic carbocycles. The van der Waals surface area contributed by atoms with Crippen LogP contribution in [0.3, 0.4) is 0 Å². The third-order valence-corrected chi connectivity index (χ3v) is 2.86. The fourth-order valence-corrected chi connectivity index (χ4v) is 1.78. The van der Waals surface area contributed by atoms with Crippen LogP contribution in [0.15, 0.2) is 16.9 Å². The van der Waals surface area contributed by atoms with Gasteiger partial charge in [0, 0.05) is 11.3 Å². The van der Waals surface area contributed by atoms with Gasteiger partial charge in [-0.1, -0.05) is 11.6 Å². The number of aromatic nitrogens is 1. The molecule has 0 unspecified atom stereocenters. The molecule has 0 saturated carbocycles. The summed E-state index contributed by atoms with van der Waals surface area (Å²) in [6.07, 6.45) is 0. The summed E-state index contributed by atoms with van der Waals surface area (Å²) in [5.41, 5.74) is 1.19. The van der Waals surface area contributed by atoms with E-state index < -0.39 is 5.82 Å². The molecule has 0 aliphatic rings. The molecule has 78 valence electrons. The van der Waals surface area contributed by atoms with Crippen LogP contribution in [0.25, 0.3) is 10.9 Å². The number of fused-ring (bicyclic) bond motifs is 1. The maximum absolute atomic E-state index is 13.4. The van der Waals surface area contributed by atoms with E-state index in [1.807, 2.05) is 0 Å². The van der Waals surface area contributed by atoms with Crippen molar-refractivity contribution >= 4 is 22.5 Å². The van der Waals surface area contributed by atoms with Gasteiger partial charge in [-0.05, 0) is 26.0 Å². The van der Waals surface area contributed by atoms with Crippen LogP contribution >= 0.6 is 11.6 Å². The van der Waals surface area contributed by atoms with Crippen molar-refractivity contribution in [2.75, 3.05) is 0 Å². The van der Waals surface area contributed by atoms with Crippen molar-refractivity contribution in [3.8, 4) is 0 Å². The molecule has 1 N–H and O–H groups in total. The van der Waals surface area contributed by atoms with E-state index in [0.717, 1.165) is 0 Å². The number of aryl methyl sites for hydroxylation is 1. The van der Waals surface area contributed by atoms with E-state index in [0.29, 0.717) is 11.3 Å². The summed E-state index contributed by atoms with van der Waals surface area (Å²) in [6, 6.07) is 2.64. The third-order valence-electron chi connectivity index (χ3n) is 2.55. The van der Waals surface area contributed by atoms with Gasteiger partial charge in [0.2, 0.25) is 0 Å². The van der Waals surface area contributed by atoms with Gasteiger partial charge >= 0.3 is 0 Å². The van der Waals surface area contributed by atoms with Gasteiger partial charge in [0.15, 0.2) is 5.43 Å². The second-order valence-electron chi connectivity index (χ2n) is 3.48. The minimum absolute atomic E-state index is 0.176. The number of nitrogens with one attached hydrogen (secondary N) is 1. The Morgan fingerprint density at radius 2 is 2.00 bits per heavy atom. The molecular formula is C11H9ClFNO. The highest BCUT2D eigenvalue weighted by Crippen LogP contribution is 2.22. The van der Waals surface area contributed by atoms with Gasteiger partial charge in [0.05, 0.1) is 15.9 Å². The maximum Gasteiger partial charge on any atom is 0.194 e.